The van der Waals surface area contributed by atoms with Gasteiger partial charge in [0.2, 0.25) is 5.82 Å². The average molecular weight is 519 g/mol. The van der Waals surface area contributed by atoms with Crippen LogP contribution in [0.1, 0.15) is 35.1 Å². The van der Waals surface area contributed by atoms with Crippen LogP contribution in [0, 0.1) is 0 Å². The minimum atomic E-state index is -0.0964. The Kier molecular flexibility index (Phi) is 6.50. The summed E-state index contributed by atoms with van der Waals surface area (Å²) in [6.07, 6.45) is 1.83. The lowest BCUT2D eigenvalue weighted by molar-refractivity contribution is -0.555. The molecule has 0 aliphatic carbocycles. The molecule has 194 valence electrons. The zero-order valence-electron chi connectivity index (χ0n) is 21.3. The second-order valence-electron chi connectivity index (χ2n) is 9.61. The van der Waals surface area contributed by atoms with Gasteiger partial charge in [0.1, 0.15) is 5.75 Å². The molecule has 5 aromatic rings. The number of Topliss-reactive ketones (excluding diaryl/α,β-unsaturated/α-hetero) is 1. The molecule has 8 nitrogen and oxygen atoms in total. The number of hydrogen-bond acceptors (Lipinski definition) is 5. The van der Waals surface area contributed by atoms with Crippen LogP contribution in [0.4, 0.5) is 0 Å². The Hall–Kier alpha value is -4.98. The lowest BCUT2D eigenvalue weighted by Gasteiger charge is -2.08. The summed E-state index contributed by atoms with van der Waals surface area (Å²) in [6.45, 7) is 0.736. The Balaban J connectivity index is 1.12. The number of nitrogens with zero attached hydrogens (tertiary/aromatic N) is 3. The number of hydrogen-bond donors (Lipinski definition) is 2. The highest BCUT2D eigenvalue weighted by Crippen LogP contribution is 2.30. The molecular formula is C31H28N5O3+. The van der Waals surface area contributed by atoms with Gasteiger partial charge in [-0.25, -0.2) is 0 Å². The molecule has 0 saturated carbocycles. The van der Waals surface area contributed by atoms with E-state index in [1.165, 1.54) is 0 Å². The Morgan fingerprint density at radius 2 is 1.62 bits per heavy atom. The average Bonchev–Trinajstić information content (AvgIpc) is 3.66. The Morgan fingerprint density at radius 1 is 0.897 bits per heavy atom. The molecular weight excluding hydrogens is 490 g/mol. The van der Waals surface area contributed by atoms with Crippen molar-refractivity contribution < 1.29 is 18.6 Å². The molecule has 1 aliphatic rings. The van der Waals surface area contributed by atoms with E-state index < -0.39 is 0 Å². The summed E-state index contributed by atoms with van der Waals surface area (Å²) in [7, 11) is 0. The number of rotatable bonds is 7. The number of aromatic nitrogens is 2. The molecule has 0 amide bonds. The first-order valence-electron chi connectivity index (χ1n) is 12.9. The van der Waals surface area contributed by atoms with Crippen LogP contribution in [0.5, 0.6) is 5.75 Å². The third kappa shape index (κ3) is 5.09. The number of ketones is 1. The molecule has 39 heavy (non-hydrogen) atoms. The van der Waals surface area contributed by atoms with E-state index in [1.807, 2.05) is 95.6 Å². The number of carbonyl (C=O) groups excluding carboxylic acids is 1. The van der Waals surface area contributed by atoms with Crippen LogP contribution in [0.2, 0.25) is 0 Å². The molecule has 0 radical (unpaired) electrons. The van der Waals surface area contributed by atoms with Gasteiger partial charge in [-0.05, 0) is 52.9 Å². The van der Waals surface area contributed by atoms with E-state index >= 15 is 0 Å². The van der Waals surface area contributed by atoms with Gasteiger partial charge in [-0.15, -0.1) is 0 Å². The molecule has 1 aromatic heterocycles. The molecule has 0 unspecified atom stereocenters. The number of benzene rings is 4. The standard InChI is InChI=1S/C31H27N5O3/c32-31(33)36-16-4-7-27(36)30-34-29(35-39-30)25-13-12-24-18-26(15-14-23(24)17-25)38-19-28(37)22-10-8-21(9-11-22)20-5-2-1-3-6-20/h1-3,5-6,8-15,17-18,27H,4,7,16,19H2,(H3,32,33)/p+1/t27-/m0/s1. The van der Waals surface area contributed by atoms with Crippen LogP contribution < -0.4 is 16.2 Å². The smallest absolute Gasteiger partial charge is 0.341 e. The highest BCUT2D eigenvalue weighted by Gasteiger charge is 2.31. The third-order valence-corrected chi connectivity index (χ3v) is 7.07. The summed E-state index contributed by atoms with van der Waals surface area (Å²) in [6, 6.07) is 29.2. The lowest BCUT2D eigenvalue weighted by Crippen LogP contribution is -2.35. The van der Waals surface area contributed by atoms with Gasteiger partial charge in [-0.1, -0.05) is 78.0 Å². The van der Waals surface area contributed by atoms with E-state index in [-0.39, 0.29) is 24.4 Å². The van der Waals surface area contributed by atoms with Gasteiger partial charge in [0.25, 0.3) is 5.89 Å². The first kappa shape index (κ1) is 24.4. The van der Waals surface area contributed by atoms with E-state index in [9.17, 15) is 4.79 Å². The fourth-order valence-electron chi connectivity index (χ4n) is 4.98. The molecule has 8 heteroatoms. The minimum absolute atomic E-state index is 0.0389. The van der Waals surface area contributed by atoms with Crippen LogP contribution in [0.15, 0.2) is 95.5 Å². The van der Waals surface area contributed by atoms with Crippen LogP contribution >= 0.6 is 0 Å². The Morgan fingerprint density at radius 3 is 2.41 bits per heavy atom. The van der Waals surface area contributed by atoms with Gasteiger partial charge >= 0.3 is 5.96 Å². The summed E-state index contributed by atoms with van der Waals surface area (Å²) < 4.78 is 13.3. The van der Waals surface area contributed by atoms with Crippen LogP contribution in [0.25, 0.3) is 33.3 Å². The zero-order valence-corrected chi connectivity index (χ0v) is 21.3. The van der Waals surface area contributed by atoms with Crippen molar-refractivity contribution in [2.45, 2.75) is 18.9 Å². The molecule has 4 aromatic carbocycles. The summed E-state index contributed by atoms with van der Waals surface area (Å²) >= 11 is 0. The lowest BCUT2D eigenvalue weighted by atomic mass is 10.0. The van der Waals surface area contributed by atoms with Gasteiger partial charge in [-0.3, -0.25) is 20.8 Å². The number of carbonyl (C=O) groups is 1. The third-order valence-electron chi connectivity index (χ3n) is 7.07. The van der Waals surface area contributed by atoms with Crippen molar-refractivity contribution in [2.75, 3.05) is 13.2 Å². The second-order valence-corrected chi connectivity index (χ2v) is 9.61. The van der Waals surface area contributed by atoms with Gasteiger partial charge in [0, 0.05) is 11.1 Å². The first-order chi connectivity index (χ1) is 19.0. The summed E-state index contributed by atoms with van der Waals surface area (Å²) in [5.41, 5.74) is 15.3. The molecule has 2 heterocycles. The van der Waals surface area contributed by atoms with Gasteiger partial charge in [0.15, 0.2) is 18.4 Å². The monoisotopic (exact) mass is 518 g/mol. The van der Waals surface area contributed by atoms with E-state index in [0.29, 0.717) is 23.0 Å². The molecule has 0 bridgehead atoms. The van der Waals surface area contributed by atoms with E-state index in [2.05, 4.69) is 10.1 Å². The first-order valence-corrected chi connectivity index (χ1v) is 12.9. The van der Waals surface area contributed by atoms with Crippen molar-refractivity contribution in [1.82, 2.24) is 10.1 Å². The maximum atomic E-state index is 12.7. The van der Waals surface area contributed by atoms with Gasteiger partial charge in [0.05, 0.1) is 6.54 Å². The molecule has 1 aliphatic heterocycles. The van der Waals surface area contributed by atoms with Crippen molar-refractivity contribution in [1.29, 1.82) is 0 Å². The predicted octanol–water partition coefficient (Wildman–Crippen LogP) is 4.94. The van der Waals surface area contributed by atoms with Crippen LogP contribution in [-0.2, 0) is 0 Å². The molecule has 4 N–H and O–H groups in total. The topological polar surface area (TPSA) is 120 Å². The Bertz CT molecular complexity index is 1670. The summed E-state index contributed by atoms with van der Waals surface area (Å²) in [4.78, 5) is 17.3. The fourth-order valence-corrected chi connectivity index (χ4v) is 4.98. The van der Waals surface area contributed by atoms with Gasteiger partial charge < -0.3 is 9.26 Å². The predicted molar refractivity (Wildman–Crippen MR) is 149 cm³/mol. The van der Waals surface area contributed by atoms with Crippen molar-refractivity contribution in [3.05, 3.63) is 102 Å². The highest BCUT2D eigenvalue weighted by molar-refractivity contribution is 5.97. The normalized spacial score (nSPS) is 15.0. The van der Waals surface area contributed by atoms with Crippen molar-refractivity contribution >= 4 is 22.5 Å². The van der Waals surface area contributed by atoms with Crippen LogP contribution in [-0.4, -0.2) is 39.6 Å². The fraction of sp³-hybridized carbons (Fsp3) is 0.161. The number of ether oxygens (including phenoxy) is 1. The molecule has 1 atom stereocenters. The second kappa shape index (κ2) is 10.4. The van der Waals surface area contributed by atoms with Gasteiger partial charge in [-0.2, -0.15) is 4.98 Å². The van der Waals surface area contributed by atoms with Crippen molar-refractivity contribution in [3.63, 3.8) is 0 Å². The number of fused-ring (bicyclic) bond motifs is 1. The minimum Gasteiger partial charge on any atom is -0.485 e. The van der Waals surface area contributed by atoms with E-state index in [1.54, 1.807) is 0 Å². The maximum Gasteiger partial charge on any atom is 0.341 e. The van der Waals surface area contributed by atoms with Crippen molar-refractivity contribution in [3.8, 4) is 28.3 Å². The summed E-state index contributed by atoms with van der Waals surface area (Å²) in [5, 5.41) is 6.16. The quantitative estimate of drug-likeness (QED) is 0.178. The largest absolute Gasteiger partial charge is 0.485 e. The number of nitrogens with two attached hydrogens (primary N) is 2. The highest BCUT2D eigenvalue weighted by atomic mass is 16.5. The zero-order chi connectivity index (χ0) is 26.8. The molecule has 6 rings (SSSR count). The maximum absolute atomic E-state index is 12.7. The molecule has 1 fully saturated rings. The SMILES string of the molecule is NC(N)=[N+]1CCC[C@H]1c1nc(-c2ccc3cc(OCC(=O)c4ccc(-c5ccccc5)cc4)ccc3c2)no1. The molecule has 0 spiro atoms. The Labute approximate surface area is 225 Å². The van der Waals surface area contributed by atoms with E-state index in [4.69, 9.17) is 20.7 Å². The summed E-state index contributed by atoms with van der Waals surface area (Å²) in [5.74, 6) is 1.84. The van der Waals surface area contributed by atoms with Crippen LogP contribution in [0.3, 0.4) is 0 Å². The van der Waals surface area contributed by atoms with Crippen molar-refractivity contribution in [2.24, 2.45) is 11.5 Å². The number of guanidine groups is 1. The van der Waals surface area contributed by atoms with E-state index in [0.717, 1.165) is 46.8 Å². The molecule has 1 saturated heterocycles.